The molecule has 5 heteroatoms. The van der Waals surface area contributed by atoms with E-state index in [2.05, 4.69) is 22.1 Å². The van der Waals surface area contributed by atoms with E-state index in [1.54, 1.807) is 17.5 Å². The number of hydrogen-bond donors (Lipinski definition) is 1. The number of para-hydroxylation sites is 1. The minimum absolute atomic E-state index is 0.706. The van der Waals surface area contributed by atoms with Gasteiger partial charge in [0.15, 0.2) is 0 Å². The van der Waals surface area contributed by atoms with Gasteiger partial charge >= 0.3 is 0 Å². The molecular weight excluding hydrogens is 336 g/mol. The van der Waals surface area contributed by atoms with Gasteiger partial charge in [-0.25, -0.2) is 15.8 Å². The molecule has 0 atom stereocenters. The van der Waals surface area contributed by atoms with E-state index in [0.717, 1.165) is 34.5 Å². The number of benzene rings is 3. The number of hydrogen-bond acceptors (Lipinski definition) is 5. The number of anilines is 1. The Morgan fingerprint density at radius 1 is 0.889 bits per heavy atom. The summed E-state index contributed by atoms with van der Waals surface area (Å²) in [5.41, 5.74) is 3.06. The average Bonchev–Trinajstić information content (AvgIpc) is 2.73. The summed E-state index contributed by atoms with van der Waals surface area (Å²) in [4.78, 5) is 8.29. The van der Waals surface area contributed by atoms with Crippen LogP contribution in [-0.4, -0.2) is 16.5 Å². The van der Waals surface area contributed by atoms with Gasteiger partial charge in [0.2, 0.25) is 0 Å². The van der Waals surface area contributed by atoms with Crippen molar-refractivity contribution < 1.29 is 4.74 Å². The molecular formula is C22H20N4O. The lowest BCUT2D eigenvalue weighted by Gasteiger charge is -2.19. The number of rotatable bonds is 6. The van der Waals surface area contributed by atoms with Crippen LogP contribution in [0.25, 0.3) is 10.9 Å². The van der Waals surface area contributed by atoms with Gasteiger partial charge in [-0.2, -0.15) is 0 Å². The molecule has 0 saturated carbocycles. The van der Waals surface area contributed by atoms with E-state index in [0.29, 0.717) is 6.54 Å². The summed E-state index contributed by atoms with van der Waals surface area (Å²) in [5.74, 6) is 7.89. The quantitative estimate of drug-likeness (QED) is 0.411. The zero-order chi connectivity index (χ0) is 18.5. The third kappa shape index (κ3) is 4.22. The molecule has 0 aliphatic carbocycles. The van der Waals surface area contributed by atoms with Crippen molar-refractivity contribution >= 4 is 16.6 Å². The number of ether oxygens (including phenoxy) is 1. The van der Waals surface area contributed by atoms with Gasteiger partial charge in [0.05, 0.1) is 11.2 Å². The standard InChI is InChI=1S/C22H20N4O/c23-26(19-8-11-22-18(14-19)15-24-16-25-22)13-12-17-6-9-21(10-7-17)27-20-4-2-1-3-5-20/h1-11,14-16H,12-13,23H2. The van der Waals surface area contributed by atoms with E-state index >= 15 is 0 Å². The first kappa shape index (κ1) is 17.0. The number of hydrazine groups is 1. The van der Waals surface area contributed by atoms with E-state index in [-0.39, 0.29) is 0 Å². The van der Waals surface area contributed by atoms with E-state index in [1.807, 2.05) is 60.7 Å². The predicted molar refractivity (Wildman–Crippen MR) is 108 cm³/mol. The van der Waals surface area contributed by atoms with E-state index in [9.17, 15) is 0 Å². The Balaban J connectivity index is 1.37. The van der Waals surface area contributed by atoms with Crippen molar-refractivity contribution in [2.75, 3.05) is 11.6 Å². The van der Waals surface area contributed by atoms with Crippen LogP contribution in [0.2, 0.25) is 0 Å². The number of aromatic nitrogens is 2. The molecule has 4 rings (SSSR count). The Hall–Kier alpha value is -3.44. The zero-order valence-electron chi connectivity index (χ0n) is 14.8. The molecule has 0 amide bonds. The first-order chi connectivity index (χ1) is 13.3. The molecule has 0 fully saturated rings. The molecule has 0 bridgehead atoms. The molecule has 134 valence electrons. The molecule has 3 aromatic carbocycles. The summed E-state index contributed by atoms with van der Waals surface area (Å²) >= 11 is 0. The van der Waals surface area contributed by atoms with E-state index < -0.39 is 0 Å². The molecule has 5 nitrogen and oxygen atoms in total. The molecule has 27 heavy (non-hydrogen) atoms. The third-order valence-electron chi connectivity index (χ3n) is 4.36. The van der Waals surface area contributed by atoms with Gasteiger partial charge in [-0.15, -0.1) is 0 Å². The lowest BCUT2D eigenvalue weighted by atomic mass is 10.1. The first-order valence-electron chi connectivity index (χ1n) is 8.82. The fourth-order valence-corrected chi connectivity index (χ4v) is 2.88. The van der Waals surface area contributed by atoms with Crippen LogP contribution in [0.4, 0.5) is 5.69 Å². The normalized spacial score (nSPS) is 10.7. The number of fused-ring (bicyclic) bond motifs is 1. The lowest BCUT2D eigenvalue weighted by Crippen LogP contribution is -2.32. The topological polar surface area (TPSA) is 64.3 Å². The molecule has 4 aromatic rings. The van der Waals surface area contributed by atoms with Crippen molar-refractivity contribution in [3.05, 3.63) is 90.9 Å². The number of nitrogens with zero attached hydrogens (tertiary/aromatic N) is 3. The smallest absolute Gasteiger partial charge is 0.127 e. The van der Waals surface area contributed by atoms with Crippen molar-refractivity contribution in [1.29, 1.82) is 0 Å². The van der Waals surface area contributed by atoms with Gasteiger partial charge in [0.1, 0.15) is 17.8 Å². The number of nitrogens with two attached hydrogens (primary N) is 1. The summed E-state index contributed by atoms with van der Waals surface area (Å²) in [7, 11) is 0. The highest BCUT2D eigenvalue weighted by molar-refractivity contribution is 5.81. The maximum atomic E-state index is 6.23. The minimum Gasteiger partial charge on any atom is -0.457 e. The van der Waals surface area contributed by atoms with Crippen LogP contribution in [0.3, 0.4) is 0 Å². The van der Waals surface area contributed by atoms with Gasteiger partial charge < -0.3 is 9.75 Å². The fraction of sp³-hybridized carbons (Fsp3) is 0.0909. The second-order valence-electron chi connectivity index (χ2n) is 6.27. The second kappa shape index (κ2) is 7.85. The highest BCUT2D eigenvalue weighted by Crippen LogP contribution is 2.22. The van der Waals surface area contributed by atoms with Gasteiger partial charge in [-0.05, 0) is 54.4 Å². The van der Waals surface area contributed by atoms with Crippen molar-refractivity contribution in [3.8, 4) is 11.5 Å². The van der Waals surface area contributed by atoms with Crippen LogP contribution in [0.15, 0.2) is 85.3 Å². The van der Waals surface area contributed by atoms with Crippen molar-refractivity contribution in [2.45, 2.75) is 6.42 Å². The second-order valence-corrected chi connectivity index (χ2v) is 6.27. The molecule has 1 heterocycles. The van der Waals surface area contributed by atoms with Crippen LogP contribution in [0, 0.1) is 0 Å². The highest BCUT2D eigenvalue weighted by atomic mass is 16.5. The lowest BCUT2D eigenvalue weighted by molar-refractivity contribution is 0.482. The van der Waals surface area contributed by atoms with Crippen LogP contribution in [-0.2, 0) is 6.42 Å². The zero-order valence-corrected chi connectivity index (χ0v) is 14.8. The molecule has 0 aliphatic rings. The highest BCUT2D eigenvalue weighted by Gasteiger charge is 2.05. The molecule has 0 unspecified atom stereocenters. The van der Waals surface area contributed by atoms with Crippen molar-refractivity contribution in [1.82, 2.24) is 9.97 Å². The van der Waals surface area contributed by atoms with Crippen LogP contribution in [0.5, 0.6) is 11.5 Å². The summed E-state index contributed by atoms with van der Waals surface area (Å²) < 4.78 is 5.82. The summed E-state index contributed by atoms with van der Waals surface area (Å²) in [6.45, 7) is 0.706. The Kier molecular flexibility index (Phi) is 4.94. The molecule has 0 spiro atoms. The third-order valence-corrected chi connectivity index (χ3v) is 4.36. The van der Waals surface area contributed by atoms with Gasteiger partial charge in [-0.3, -0.25) is 0 Å². The van der Waals surface area contributed by atoms with Crippen LogP contribution in [0.1, 0.15) is 5.56 Å². The van der Waals surface area contributed by atoms with Gasteiger partial charge in [0.25, 0.3) is 0 Å². The first-order valence-corrected chi connectivity index (χ1v) is 8.82. The van der Waals surface area contributed by atoms with Crippen LogP contribution >= 0.6 is 0 Å². The molecule has 2 N–H and O–H groups in total. The van der Waals surface area contributed by atoms with Gasteiger partial charge in [-0.1, -0.05) is 30.3 Å². The summed E-state index contributed by atoms with van der Waals surface area (Å²) in [5, 5.41) is 2.73. The fourth-order valence-electron chi connectivity index (χ4n) is 2.88. The summed E-state index contributed by atoms with van der Waals surface area (Å²) in [6, 6.07) is 23.8. The Morgan fingerprint density at radius 3 is 2.48 bits per heavy atom. The summed E-state index contributed by atoms with van der Waals surface area (Å²) in [6.07, 6.45) is 4.18. The Morgan fingerprint density at radius 2 is 1.67 bits per heavy atom. The monoisotopic (exact) mass is 356 g/mol. The Bertz CT molecular complexity index is 1020. The SMILES string of the molecule is NN(CCc1ccc(Oc2ccccc2)cc1)c1ccc2ncncc2c1. The van der Waals surface area contributed by atoms with Crippen molar-refractivity contribution in [2.24, 2.45) is 5.84 Å². The predicted octanol–water partition coefficient (Wildman–Crippen LogP) is 4.34. The van der Waals surface area contributed by atoms with E-state index in [4.69, 9.17) is 10.6 Å². The molecule has 0 aliphatic heterocycles. The largest absolute Gasteiger partial charge is 0.457 e. The molecule has 1 aromatic heterocycles. The average molecular weight is 356 g/mol. The van der Waals surface area contributed by atoms with Crippen LogP contribution < -0.4 is 15.6 Å². The molecule has 0 saturated heterocycles. The minimum atomic E-state index is 0.706. The Labute approximate surface area is 158 Å². The van der Waals surface area contributed by atoms with Gasteiger partial charge in [0, 0.05) is 18.1 Å². The van der Waals surface area contributed by atoms with E-state index in [1.165, 1.54) is 5.56 Å². The van der Waals surface area contributed by atoms with Crippen molar-refractivity contribution in [3.63, 3.8) is 0 Å². The molecule has 0 radical (unpaired) electrons. The maximum Gasteiger partial charge on any atom is 0.127 e. The maximum absolute atomic E-state index is 6.23.